The molecule has 2 atom stereocenters. The molecular weight excluding hydrogens is 418 g/mol. The van der Waals surface area contributed by atoms with E-state index in [4.69, 9.17) is 9.97 Å². The lowest BCUT2D eigenvalue weighted by Crippen LogP contribution is -2.44. The van der Waals surface area contributed by atoms with Gasteiger partial charge >= 0.3 is 0 Å². The molecule has 0 unspecified atom stereocenters. The average molecular weight is 450 g/mol. The van der Waals surface area contributed by atoms with Crippen LogP contribution in [-0.4, -0.2) is 65.2 Å². The number of thiazole rings is 1. The number of nitrogens with one attached hydrogen (secondary N) is 1. The predicted molar refractivity (Wildman–Crippen MR) is 133 cm³/mol. The van der Waals surface area contributed by atoms with Crippen LogP contribution >= 0.6 is 11.3 Å². The second-order valence-electron chi connectivity index (χ2n) is 8.71. The lowest BCUT2D eigenvalue weighted by molar-refractivity contribution is 0.292. The molecule has 1 aromatic carbocycles. The van der Waals surface area contributed by atoms with Crippen molar-refractivity contribution in [2.24, 2.45) is 0 Å². The zero-order valence-electron chi connectivity index (χ0n) is 19.2. The third-order valence-electron chi connectivity index (χ3n) is 6.72. The van der Waals surface area contributed by atoms with Crippen molar-refractivity contribution in [2.45, 2.75) is 39.3 Å². The van der Waals surface area contributed by atoms with E-state index in [9.17, 15) is 0 Å². The monoisotopic (exact) mass is 449 g/mol. The van der Waals surface area contributed by atoms with Gasteiger partial charge in [0.25, 0.3) is 0 Å². The molecule has 7 nitrogen and oxygen atoms in total. The molecule has 4 heterocycles. The van der Waals surface area contributed by atoms with Crippen LogP contribution in [0, 0.1) is 6.92 Å². The van der Waals surface area contributed by atoms with Crippen molar-refractivity contribution in [2.75, 3.05) is 48.3 Å². The van der Waals surface area contributed by atoms with Crippen LogP contribution in [0.15, 0.2) is 35.8 Å². The normalized spacial score (nSPS) is 20.2. The van der Waals surface area contributed by atoms with Crippen LogP contribution < -0.4 is 15.1 Å². The molecule has 2 bridgehead atoms. The summed E-state index contributed by atoms with van der Waals surface area (Å²) in [4.78, 5) is 21.3. The van der Waals surface area contributed by atoms with Crippen LogP contribution in [0.25, 0.3) is 11.4 Å². The first-order chi connectivity index (χ1) is 15.6. The van der Waals surface area contributed by atoms with Crippen molar-refractivity contribution in [3.8, 4) is 11.4 Å². The van der Waals surface area contributed by atoms with Crippen molar-refractivity contribution in [1.29, 1.82) is 0 Å². The van der Waals surface area contributed by atoms with E-state index in [1.807, 2.05) is 6.07 Å². The van der Waals surface area contributed by atoms with E-state index < -0.39 is 0 Å². The summed E-state index contributed by atoms with van der Waals surface area (Å²) in [6.07, 6.45) is 3.07. The summed E-state index contributed by atoms with van der Waals surface area (Å²) < 4.78 is 0. The number of piperazine rings is 1. The Labute approximate surface area is 194 Å². The van der Waals surface area contributed by atoms with Gasteiger partial charge in [0.05, 0.1) is 5.69 Å². The van der Waals surface area contributed by atoms with Gasteiger partial charge in [-0.3, -0.25) is 4.90 Å². The van der Waals surface area contributed by atoms with Crippen LogP contribution in [0.3, 0.4) is 0 Å². The molecule has 2 saturated heterocycles. The minimum Gasteiger partial charge on any atom is -0.365 e. The molecule has 3 aromatic rings. The van der Waals surface area contributed by atoms with Crippen molar-refractivity contribution < 1.29 is 0 Å². The zero-order chi connectivity index (χ0) is 22.2. The van der Waals surface area contributed by atoms with Crippen molar-refractivity contribution >= 4 is 33.8 Å². The predicted octanol–water partition coefficient (Wildman–Crippen LogP) is 4.39. The molecule has 2 aliphatic rings. The van der Waals surface area contributed by atoms with Gasteiger partial charge in [-0.15, -0.1) is 11.3 Å². The van der Waals surface area contributed by atoms with Gasteiger partial charge in [-0.05, 0) is 64.1 Å². The van der Waals surface area contributed by atoms with Crippen molar-refractivity contribution in [3.05, 3.63) is 41.4 Å². The van der Waals surface area contributed by atoms with Crippen LogP contribution in [0.5, 0.6) is 0 Å². The first-order valence-electron chi connectivity index (χ1n) is 11.4. The summed E-state index contributed by atoms with van der Waals surface area (Å²) >= 11 is 1.66. The Morgan fingerprint density at radius 1 is 1.09 bits per heavy atom. The molecule has 0 saturated carbocycles. The number of likely N-dealkylation sites (tertiary alicyclic amines) is 1. The summed E-state index contributed by atoms with van der Waals surface area (Å²) in [5.74, 6) is 0.592. The third-order valence-corrected chi connectivity index (χ3v) is 7.62. The van der Waals surface area contributed by atoms with Crippen LogP contribution in [-0.2, 0) is 0 Å². The number of likely N-dealkylation sites (N-methyl/N-ethyl adjacent to an activating group) is 1. The molecule has 8 heteroatoms. The molecule has 0 aliphatic carbocycles. The van der Waals surface area contributed by atoms with Gasteiger partial charge in [0.1, 0.15) is 5.69 Å². The smallest absolute Gasteiger partial charge is 0.227 e. The fourth-order valence-corrected chi connectivity index (χ4v) is 5.88. The standard InChI is InChI=1S/C24H31N7S/c1-5-30(6-2)24-28-21(15-32-24)20-9-10-25-23(27-20)26-17-7-8-22(16(3)11-17)31-14-18-12-19(31)13-29(18)4/h7-11,15,18-19H,5-6,12-14H2,1-4H3,(H,25,26,27)/t18-,19-/m0/s1. The Kier molecular flexibility index (Phi) is 5.73. The Bertz CT molecular complexity index is 1090. The maximum atomic E-state index is 4.78. The molecule has 32 heavy (non-hydrogen) atoms. The second-order valence-corrected chi connectivity index (χ2v) is 9.55. The first-order valence-corrected chi connectivity index (χ1v) is 12.3. The lowest BCUT2D eigenvalue weighted by Gasteiger charge is -2.34. The number of nitrogens with zero attached hydrogens (tertiary/aromatic N) is 6. The molecule has 0 spiro atoms. The van der Waals surface area contributed by atoms with E-state index in [0.717, 1.165) is 48.4 Å². The maximum absolute atomic E-state index is 4.78. The van der Waals surface area contributed by atoms with Crippen molar-refractivity contribution in [1.82, 2.24) is 19.9 Å². The topological polar surface area (TPSA) is 60.4 Å². The lowest BCUT2D eigenvalue weighted by atomic mass is 10.1. The van der Waals surface area contributed by atoms with Gasteiger partial charge in [-0.1, -0.05) is 0 Å². The minimum atomic E-state index is 0.592. The molecule has 2 aromatic heterocycles. The van der Waals surface area contributed by atoms with Crippen LogP contribution in [0.4, 0.5) is 22.5 Å². The highest BCUT2D eigenvalue weighted by Crippen LogP contribution is 2.36. The maximum Gasteiger partial charge on any atom is 0.227 e. The molecule has 2 aliphatic heterocycles. The number of aromatic nitrogens is 3. The molecule has 0 radical (unpaired) electrons. The Balaban J connectivity index is 1.31. The van der Waals surface area contributed by atoms with E-state index in [2.05, 4.69) is 76.4 Å². The fraction of sp³-hybridized carbons (Fsp3) is 0.458. The number of aryl methyl sites for hydroxylation is 1. The molecule has 2 fully saturated rings. The van der Waals surface area contributed by atoms with Gasteiger partial charge in [0.15, 0.2) is 5.13 Å². The SMILES string of the molecule is CCN(CC)c1nc(-c2ccnc(Nc3ccc(N4C[C@@H]5C[C@H]4CN5C)c(C)c3)n2)cs1. The van der Waals surface area contributed by atoms with Crippen LogP contribution in [0.2, 0.25) is 0 Å². The summed E-state index contributed by atoms with van der Waals surface area (Å²) in [6, 6.07) is 9.82. The highest BCUT2D eigenvalue weighted by Gasteiger charge is 2.41. The number of anilines is 4. The Hall–Kier alpha value is -2.71. The van der Waals surface area contributed by atoms with Gasteiger partial charge in [-0.25, -0.2) is 15.0 Å². The van der Waals surface area contributed by atoms with Crippen LogP contribution in [0.1, 0.15) is 25.8 Å². The Morgan fingerprint density at radius 3 is 2.62 bits per heavy atom. The highest BCUT2D eigenvalue weighted by atomic mass is 32.1. The molecule has 0 amide bonds. The first kappa shape index (κ1) is 21.2. The Morgan fingerprint density at radius 2 is 1.94 bits per heavy atom. The number of hydrogen-bond acceptors (Lipinski definition) is 8. The van der Waals surface area contributed by atoms with E-state index in [1.54, 1.807) is 17.5 Å². The molecule has 168 valence electrons. The number of fused-ring (bicyclic) bond motifs is 2. The second kappa shape index (κ2) is 8.67. The quantitative estimate of drug-likeness (QED) is 0.574. The summed E-state index contributed by atoms with van der Waals surface area (Å²) in [6.45, 7) is 10.7. The van der Waals surface area contributed by atoms with E-state index in [1.165, 1.54) is 17.7 Å². The number of hydrogen-bond donors (Lipinski definition) is 1. The van der Waals surface area contributed by atoms with Gasteiger partial charge < -0.3 is 15.1 Å². The van der Waals surface area contributed by atoms with E-state index >= 15 is 0 Å². The minimum absolute atomic E-state index is 0.592. The van der Waals surface area contributed by atoms with E-state index in [0.29, 0.717) is 18.0 Å². The van der Waals surface area contributed by atoms with Gasteiger partial charge in [-0.2, -0.15) is 0 Å². The van der Waals surface area contributed by atoms with Crippen molar-refractivity contribution in [3.63, 3.8) is 0 Å². The van der Waals surface area contributed by atoms with Gasteiger partial charge in [0, 0.05) is 61.2 Å². The largest absolute Gasteiger partial charge is 0.365 e. The summed E-state index contributed by atoms with van der Waals surface area (Å²) in [5.41, 5.74) is 5.36. The van der Waals surface area contributed by atoms with E-state index in [-0.39, 0.29) is 0 Å². The highest BCUT2D eigenvalue weighted by molar-refractivity contribution is 7.14. The van der Waals surface area contributed by atoms with Gasteiger partial charge in [0.2, 0.25) is 5.95 Å². The number of rotatable bonds is 7. The molecular formula is C24H31N7S. The number of benzene rings is 1. The average Bonchev–Trinajstić information content (AvgIpc) is 3.51. The summed E-state index contributed by atoms with van der Waals surface area (Å²) in [5, 5.41) is 6.48. The fourth-order valence-electron chi connectivity index (χ4n) is 4.93. The molecule has 1 N–H and O–H groups in total. The third kappa shape index (κ3) is 3.93. The zero-order valence-corrected chi connectivity index (χ0v) is 20.1. The molecule has 5 rings (SSSR count). The summed E-state index contributed by atoms with van der Waals surface area (Å²) in [7, 11) is 2.24.